The zero-order valence-corrected chi connectivity index (χ0v) is 14.9. The summed E-state index contributed by atoms with van der Waals surface area (Å²) in [6, 6.07) is 13.7. The first kappa shape index (κ1) is 18.3. The number of nitro benzene ring substituents is 1. The number of anilines is 1. The molecule has 2 aromatic carbocycles. The zero-order valence-electron chi connectivity index (χ0n) is 14.1. The predicted molar refractivity (Wildman–Crippen MR) is 96.4 cm³/mol. The summed E-state index contributed by atoms with van der Waals surface area (Å²) < 4.78 is 29.5. The Labute approximate surface area is 151 Å². The molecule has 1 aliphatic heterocycles. The van der Waals surface area contributed by atoms with E-state index < -0.39 is 25.5 Å². The van der Waals surface area contributed by atoms with Gasteiger partial charge >= 0.3 is 5.69 Å². The molecule has 2 atom stereocenters. The maximum atomic E-state index is 11.8. The smallest absolute Gasteiger partial charge is 0.312 e. The molecule has 9 heteroatoms. The van der Waals surface area contributed by atoms with E-state index in [0.29, 0.717) is 13.1 Å². The minimum Gasteiger partial charge on any atom is -0.367 e. The van der Waals surface area contributed by atoms with Crippen molar-refractivity contribution >= 4 is 21.4 Å². The highest BCUT2D eigenvalue weighted by atomic mass is 32.2. The van der Waals surface area contributed by atoms with Gasteiger partial charge in [-0.15, -0.1) is 0 Å². The molecule has 0 amide bonds. The van der Waals surface area contributed by atoms with Gasteiger partial charge in [-0.25, -0.2) is 13.6 Å². The third-order valence-electron chi connectivity index (χ3n) is 4.24. The van der Waals surface area contributed by atoms with Gasteiger partial charge in [0.2, 0.25) is 10.0 Å². The number of primary sulfonamides is 1. The summed E-state index contributed by atoms with van der Waals surface area (Å²) in [4.78, 5) is 12.2. The Hall–Kier alpha value is -2.49. The molecule has 2 unspecified atom stereocenters. The van der Waals surface area contributed by atoms with Crippen LogP contribution in [0.15, 0.2) is 53.4 Å². The van der Waals surface area contributed by atoms with E-state index in [1.807, 2.05) is 37.3 Å². The van der Waals surface area contributed by atoms with Gasteiger partial charge in [0.25, 0.3) is 0 Å². The number of nitrogens with two attached hydrogens (primary N) is 1. The summed E-state index contributed by atoms with van der Waals surface area (Å²) >= 11 is 0. The van der Waals surface area contributed by atoms with Gasteiger partial charge in [0, 0.05) is 13.1 Å². The number of hydrogen-bond acceptors (Lipinski definition) is 6. The number of para-hydroxylation sites is 1. The molecule has 2 N–H and O–H groups in total. The van der Waals surface area contributed by atoms with E-state index in [4.69, 9.17) is 9.88 Å². The molecule has 3 rings (SSSR count). The number of rotatable bonds is 4. The van der Waals surface area contributed by atoms with Crippen molar-refractivity contribution in [1.82, 2.24) is 0 Å². The lowest BCUT2D eigenvalue weighted by Crippen LogP contribution is -2.43. The largest absolute Gasteiger partial charge is 0.367 e. The fourth-order valence-corrected chi connectivity index (χ4v) is 3.90. The molecule has 0 radical (unpaired) electrons. The van der Waals surface area contributed by atoms with Crippen molar-refractivity contribution in [2.24, 2.45) is 5.14 Å². The molecule has 0 saturated carbocycles. The van der Waals surface area contributed by atoms with Crippen molar-refractivity contribution in [3.05, 3.63) is 64.2 Å². The zero-order chi connectivity index (χ0) is 18.9. The molecule has 8 nitrogen and oxygen atoms in total. The highest BCUT2D eigenvalue weighted by Crippen LogP contribution is 2.37. The first-order valence-electron chi connectivity index (χ1n) is 8.03. The summed E-state index contributed by atoms with van der Waals surface area (Å²) in [5.74, 6) is 0. The Morgan fingerprint density at radius 1 is 1.15 bits per heavy atom. The van der Waals surface area contributed by atoms with Gasteiger partial charge in [-0.2, -0.15) is 0 Å². The van der Waals surface area contributed by atoms with E-state index in [1.54, 1.807) is 4.90 Å². The maximum absolute atomic E-state index is 11.8. The molecule has 0 aromatic heterocycles. The van der Waals surface area contributed by atoms with Crippen molar-refractivity contribution < 1.29 is 18.1 Å². The third-order valence-corrected chi connectivity index (χ3v) is 5.18. The topological polar surface area (TPSA) is 116 Å². The molecular weight excluding hydrogens is 358 g/mol. The molecule has 1 heterocycles. The van der Waals surface area contributed by atoms with Gasteiger partial charge in [0.05, 0.1) is 11.0 Å². The Balaban J connectivity index is 2.04. The van der Waals surface area contributed by atoms with Gasteiger partial charge in [0.15, 0.2) is 4.90 Å². The summed E-state index contributed by atoms with van der Waals surface area (Å²) in [6.45, 7) is 2.64. The second kappa shape index (κ2) is 7.02. The lowest BCUT2D eigenvalue weighted by Gasteiger charge is -2.38. The van der Waals surface area contributed by atoms with Crippen LogP contribution in [0.1, 0.15) is 18.6 Å². The second-order valence-electron chi connectivity index (χ2n) is 6.18. The van der Waals surface area contributed by atoms with Crippen LogP contribution in [0.4, 0.5) is 11.4 Å². The van der Waals surface area contributed by atoms with E-state index in [9.17, 15) is 18.5 Å². The number of nitrogens with zero attached hydrogens (tertiary/aromatic N) is 2. The van der Waals surface area contributed by atoms with Crippen molar-refractivity contribution in [2.45, 2.75) is 24.0 Å². The number of benzene rings is 2. The Morgan fingerprint density at radius 3 is 2.46 bits per heavy atom. The summed E-state index contributed by atoms with van der Waals surface area (Å²) in [7, 11) is -4.22. The summed E-state index contributed by atoms with van der Waals surface area (Å²) in [6.07, 6.45) is -0.468. The van der Waals surface area contributed by atoms with Crippen LogP contribution in [0.3, 0.4) is 0 Å². The van der Waals surface area contributed by atoms with Gasteiger partial charge in [0.1, 0.15) is 11.8 Å². The molecular formula is C17H19N3O5S. The SMILES string of the molecule is CC1CN(c2cccc(S(N)(=O)=O)c2[N+](=O)[O-])CC(c2ccccc2)O1. The first-order valence-corrected chi connectivity index (χ1v) is 9.57. The maximum Gasteiger partial charge on any atom is 0.312 e. The normalized spacial score (nSPS) is 20.8. The molecule has 0 spiro atoms. The number of hydrogen-bond donors (Lipinski definition) is 1. The minimum atomic E-state index is -4.22. The van der Waals surface area contributed by atoms with Crippen LogP contribution >= 0.6 is 0 Å². The molecule has 0 bridgehead atoms. The van der Waals surface area contributed by atoms with E-state index in [-0.39, 0.29) is 17.9 Å². The van der Waals surface area contributed by atoms with E-state index in [2.05, 4.69) is 0 Å². The first-order chi connectivity index (χ1) is 12.3. The molecule has 1 fully saturated rings. The predicted octanol–water partition coefficient (Wildman–Crippen LogP) is 2.21. The van der Waals surface area contributed by atoms with Crippen molar-refractivity contribution in [2.75, 3.05) is 18.0 Å². The quantitative estimate of drug-likeness (QED) is 0.645. The number of nitro groups is 1. The molecule has 26 heavy (non-hydrogen) atoms. The standard InChI is InChI=1S/C17H19N3O5S/c1-12-10-19(11-15(25-12)13-6-3-2-4-7-13)14-8-5-9-16(26(18,23)24)17(14)20(21)22/h2-9,12,15H,10-11H2,1H3,(H2,18,23,24). The van der Waals surface area contributed by atoms with Gasteiger partial charge in [-0.1, -0.05) is 36.4 Å². The molecule has 1 aliphatic rings. The lowest BCUT2D eigenvalue weighted by atomic mass is 10.1. The van der Waals surface area contributed by atoms with Gasteiger partial charge in [-0.3, -0.25) is 10.1 Å². The van der Waals surface area contributed by atoms with Crippen molar-refractivity contribution in [1.29, 1.82) is 0 Å². The van der Waals surface area contributed by atoms with Crippen molar-refractivity contribution in [3.63, 3.8) is 0 Å². The van der Waals surface area contributed by atoms with Crippen LogP contribution in [0.5, 0.6) is 0 Å². The number of ether oxygens (including phenoxy) is 1. The van der Waals surface area contributed by atoms with Crippen LogP contribution in [0.2, 0.25) is 0 Å². The van der Waals surface area contributed by atoms with Crippen LogP contribution < -0.4 is 10.0 Å². The minimum absolute atomic E-state index is 0.188. The monoisotopic (exact) mass is 377 g/mol. The molecule has 0 aliphatic carbocycles. The fraction of sp³-hybridized carbons (Fsp3) is 0.294. The van der Waals surface area contributed by atoms with Crippen LogP contribution in [-0.2, 0) is 14.8 Å². The van der Waals surface area contributed by atoms with E-state index in [0.717, 1.165) is 11.6 Å². The Morgan fingerprint density at radius 2 is 1.85 bits per heavy atom. The average Bonchev–Trinajstić information content (AvgIpc) is 2.60. The summed E-state index contributed by atoms with van der Waals surface area (Å²) in [5, 5.41) is 16.8. The van der Waals surface area contributed by atoms with Crippen LogP contribution in [0, 0.1) is 10.1 Å². The second-order valence-corrected chi connectivity index (χ2v) is 7.71. The van der Waals surface area contributed by atoms with E-state index in [1.165, 1.54) is 12.1 Å². The van der Waals surface area contributed by atoms with Crippen LogP contribution in [0.25, 0.3) is 0 Å². The van der Waals surface area contributed by atoms with Gasteiger partial charge < -0.3 is 9.64 Å². The lowest BCUT2D eigenvalue weighted by molar-refractivity contribution is -0.387. The number of morpholine rings is 1. The summed E-state index contributed by atoms with van der Waals surface area (Å²) in [5.41, 5.74) is 0.669. The van der Waals surface area contributed by atoms with Gasteiger partial charge in [-0.05, 0) is 24.6 Å². The Kier molecular flexibility index (Phi) is 4.94. The highest BCUT2D eigenvalue weighted by Gasteiger charge is 2.33. The van der Waals surface area contributed by atoms with Crippen LogP contribution in [-0.4, -0.2) is 32.5 Å². The Bertz CT molecular complexity index is 917. The molecule has 138 valence electrons. The third kappa shape index (κ3) is 3.69. The highest BCUT2D eigenvalue weighted by molar-refractivity contribution is 7.89. The molecule has 2 aromatic rings. The number of sulfonamides is 1. The molecule has 1 saturated heterocycles. The van der Waals surface area contributed by atoms with E-state index >= 15 is 0 Å². The van der Waals surface area contributed by atoms with Crippen molar-refractivity contribution in [3.8, 4) is 0 Å². The fourth-order valence-electron chi connectivity index (χ4n) is 3.18. The average molecular weight is 377 g/mol.